The number of carbonyl (C=O) groups is 2. The average Bonchev–Trinajstić information content (AvgIpc) is 3.16. The summed E-state index contributed by atoms with van der Waals surface area (Å²) < 4.78 is 5.30. The minimum atomic E-state index is -0.468. The Kier molecular flexibility index (Phi) is 7.04. The fourth-order valence-electron chi connectivity index (χ4n) is 2.57. The number of methoxy groups -OCH3 is 1. The first-order chi connectivity index (χ1) is 14.0. The lowest BCUT2D eigenvalue weighted by Crippen LogP contribution is -2.26. The van der Waals surface area contributed by atoms with E-state index in [-0.39, 0.29) is 11.6 Å². The van der Waals surface area contributed by atoms with Gasteiger partial charge in [0.2, 0.25) is 0 Å². The molecule has 150 valence electrons. The smallest absolute Gasteiger partial charge is 0.325 e. The van der Waals surface area contributed by atoms with Crippen LogP contribution in [0.2, 0.25) is 5.02 Å². The maximum atomic E-state index is 12.3. The zero-order chi connectivity index (χ0) is 20.6. The minimum absolute atomic E-state index is 0.244. The number of carbonyl (C=O) groups excluding carboxylic acids is 2. The van der Waals surface area contributed by atoms with Crippen molar-refractivity contribution in [2.45, 2.75) is 6.42 Å². The molecule has 3 N–H and O–H groups in total. The number of urea groups is 1. The molecule has 1 aromatic heterocycles. The van der Waals surface area contributed by atoms with E-state index in [1.807, 2.05) is 24.3 Å². The van der Waals surface area contributed by atoms with Crippen LogP contribution in [0.5, 0.6) is 5.75 Å². The molecule has 1 heterocycles. The maximum absolute atomic E-state index is 12.3. The van der Waals surface area contributed by atoms with Crippen LogP contribution in [0.4, 0.5) is 15.6 Å². The van der Waals surface area contributed by atoms with Gasteiger partial charge in [0.25, 0.3) is 5.91 Å². The third-order valence-corrected chi connectivity index (χ3v) is 4.91. The number of nitrogens with one attached hydrogen (secondary N) is 3. The molecular formula is C20H19ClN4O3S. The van der Waals surface area contributed by atoms with Crippen molar-refractivity contribution in [2.24, 2.45) is 0 Å². The van der Waals surface area contributed by atoms with Crippen molar-refractivity contribution < 1.29 is 14.3 Å². The Bertz CT molecular complexity index is 1010. The number of amides is 3. The predicted octanol–water partition coefficient (Wildman–Crippen LogP) is 4.42. The zero-order valence-electron chi connectivity index (χ0n) is 15.6. The second-order valence-corrected chi connectivity index (χ2v) is 7.24. The van der Waals surface area contributed by atoms with Crippen LogP contribution >= 0.6 is 22.9 Å². The second kappa shape index (κ2) is 9.90. The van der Waals surface area contributed by atoms with Crippen LogP contribution in [-0.4, -0.2) is 30.6 Å². The van der Waals surface area contributed by atoms with Crippen molar-refractivity contribution in [3.8, 4) is 5.75 Å². The summed E-state index contributed by atoms with van der Waals surface area (Å²) in [6.45, 7) is 0.439. The number of thiazole rings is 1. The van der Waals surface area contributed by atoms with Crippen LogP contribution in [0.25, 0.3) is 0 Å². The summed E-state index contributed by atoms with van der Waals surface area (Å²) >= 11 is 7.06. The summed E-state index contributed by atoms with van der Waals surface area (Å²) in [6.07, 6.45) is 0.632. The van der Waals surface area contributed by atoms with Crippen molar-refractivity contribution >= 4 is 45.7 Å². The van der Waals surface area contributed by atoms with Gasteiger partial charge in [0.05, 0.1) is 7.11 Å². The fourth-order valence-corrected chi connectivity index (χ4v) is 3.45. The number of anilines is 2. The first-order valence-electron chi connectivity index (χ1n) is 8.74. The highest BCUT2D eigenvalue weighted by Gasteiger charge is 2.13. The molecule has 7 nitrogen and oxygen atoms in total. The molecule has 0 bridgehead atoms. The molecule has 9 heteroatoms. The quantitative estimate of drug-likeness (QED) is 0.517. The number of para-hydroxylation sites is 1. The summed E-state index contributed by atoms with van der Waals surface area (Å²) in [5, 5.41) is 10.5. The normalized spacial score (nSPS) is 10.3. The van der Waals surface area contributed by atoms with Crippen LogP contribution in [0.15, 0.2) is 53.9 Å². The van der Waals surface area contributed by atoms with Crippen molar-refractivity contribution in [1.29, 1.82) is 0 Å². The van der Waals surface area contributed by atoms with Gasteiger partial charge >= 0.3 is 6.03 Å². The van der Waals surface area contributed by atoms with Gasteiger partial charge in [-0.25, -0.2) is 9.78 Å². The van der Waals surface area contributed by atoms with Gasteiger partial charge in [0, 0.05) is 22.6 Å². The molecule has 3 aromatic rings. The molecule has 0 fully saturated rings. The number of rotatable bonds is 7. The maximum Gasteiger partial charge on any atom is 0.325 e. The highest BCUT2D eigenvalue weighted by atomic mass is 35.5. The minimum Gasteiger partial charge on any atom is -0.496 e. The Hall–Kier alpha value is -3.10. The molecule has 2 aromatic carbocycles. The van der Waals surface area contributed by atoms with E-state index in [4.69, 9.17) is 16.3 Å². The Morgan fingerprint density at radius 2 is 1.97 bits per heavy atom. The molecule has 0 saturated heterocycles. The van der Waals surface area contributed by atoms with Gasteiger partial charge in [0.15, 0.2) is 5.13 Å². The van der Waals surface area contributed by atoms with E-state index in [2.05, 4.69) is 20.9 Å². The number of nitrogens with zero attached hydrogens (tertiary/aromatic N) is 1. The summed E-state index contributed by atoms with van der Waals surface area (Å²) in [6, 6.07) is 14.0. The van der Waals surface area contributed by atoms with E-state index in [9.17, 15) is 9.59 Å². The fraction of sp³-hybridized carbons (Fsp3) is 0.150. The number of benzene rings is 2. The zero-order valence-corrected chi connectivity index (χ0v) is 17.1. The van der Waals surface area contributed by atoms with Crippen LogP contribution in [0.3, 0.4) is 0 Å². The Morgan fingerprint density at radius 1 is 1.14 bits per heavy atom. The molecule has 0 aliphatic rings. The molecule has 29 heavy (non-hydrogen) atoms. The highest BCUT2D eigenvalue weighted by molar-refractivity contribution is 7.14. The Morgan fingerprint density at radius 3 is 2.76 bits per heavy atom. The summed E-state index contributed by atoms with van der Waals surface area (Å²) in [4.78, 5) is 28.5. The van der Waals surface area contributed by atoms with Crippen LogP contribution in [-0.2, 0) is 6.42 Å². The van der Waals surface area contributed by atoms with Gasteiger partial charge in [-0.15, -0.1) is 11.3 Å². The lowest BCUT2D eigenvalue weighted by Gasteiger charge is -2.08. The average molecular weight is 431 g/mol. The summed E-state index contributed by atoms with van der Waals surface area (Å²) in [7, 11) is 1.61. The van der Waals surface area contributed by atoms with Crippen molar-refractivity contribution in [2.75, 3.05) is 24.3 Å². The lowest BCUT2D eigenvalue weighted by molar-refractivity contribution is 0.0950. The summed E-state index contributed by atoms with van der Waals surface area (Å²) in [5.74, 6) is 0.479. The molecule has 0 aliphatic heterocycles. The molecule has 0 radical (unpaired) electrons. The van der Waals surface area contributed by atoms with Gasteiger partial charge < -0.3 is 15.4 Å². The first-order valence-corrected chi connectivity index (χ1v) is 10.00. The van der Waals surface area contributed by atoms with Crippen LogP contribution in [0, 0.1) is 0 Å². The SMILES string of the molecule is COc1ccccc1CCNC(=O)c1csc(NC(=O)Nc2cccc(Cl)c2)n1. The van der Waals surface area contributed by atoms with Gasteiger partial charge in [-0.1, -0.05) is 35.9 Å². The molecule has 0 unspecified atom stereocenters. The number of hydrogen-bond donors (Lipinski definition) is 3. The number of aromatic nitrogens is 1. The van der Waals surface area contributed by atoms with E-state index >= 15 is 0 Å². The predicted molar refractivity (Wildman–Crippen MR) is 115 cm³/mol. The monoisotopic (exact) mass is 430 g/mol. The van der Waals surface area contributed by atoms with E-state index in [0.717, 1.165) is 11.3 Å². The lowest BCUT2D eigenvalue weighted by atomic mass is 10.1. The van der Waals surface area contributed by atoms with Gasteiger partial charge in [-0.05, 0) is 36.2 Å². The van der Waals surface area contributed by atoms with Crippen molar-refractivity contribution in [3.05, 3.63) is 70.2 Å². The standard InChI is InChI=1S/C20H19ClN4O3S/c1-28-17-8-3-2-5-13(17)9-10-22-18(26)16-12-29-20(24-16)25-19(27)23-15-7-4-6-14(21)11-15/h2-8,11-12H,9-10H2,1H3,(H,22,26)(H2,23,24,25,27). The van der Waals surface area contributed by atoms with Crippen LogP contribution in [0.1, 0.15) is 16.1 Å². The third-order valence-electron chi connectivity index (χ3n) is 3.91. The first kappa shape index (κ1) is 20.6. The number of halogens is 1. The Labute approximate surface area is 177 Å². The highest BCUT2D eigenvalue weighted by Crippen LogP contribution is 2.19. The van der Waals surface area contributed by atoms with Crippen molar-refractivity contribution in [3.63, 3.8) is 0 Å². The number of ether oxygens (including phenoxy) is 1. The topological polar surface area (TPSA) is 92.4 Å². The second-order valence-electron chi connectivity index (χ2n) is 5.95. The molecule has 3 rings (SSSR count). The Balaban J connectivity index is 1.49. The van der Waals surface area contributed by atoms with E-state index < -0.39 is 6.03 Å². The van der Waals surface area contributed by atoms with Gasteiger partial charge in [-0.3, -0.25) is 10.1 Å². The van der Waals surface area contributed by atoms with Crippen LogP contribution < -0.4 is 20.7 Å². The van der Waals surface area contributed by atoms with E-state index in [0.29, 0.717) is 28.8 Å². The van der Waals surface area contributed by atoms with E-state index in [1.54, 1.807) is 36.8 Å². The molecule has 0 saturated carbocycles. The summed E-state index contributed by atoms with van der Waals surface area (Å²) in [5.41, 5.74) is 1.81. The van der Waals surface area contributed by atoms with Crippen molar-refractivity contribution in [1.82, 2.24) is 10.3 Å². The molecular weight excluding hydrogens is 412 g/mol. The van der Waals surface area contributed by atoms with Gasteiger partial charge in [-0.2, -0.15) is 0 Å². The third kappa shape index (κ3) is 5.94. The molecule has 0 atom stereocenters. The largest absolute Gasteiger partial charge is 0.496 e. The number of hydrogen-bond acceptors (Lipinski definition) is 5. The van der Waals surface area contributed by atoms with E-state index in [1.165, 1.54) is 11.3 Å². The molecule has 3 amide bonds. The molecule has 0 aliphatic carbocycles. The van der Waals surface area contributed by atoms with Gasteiger partial charge in [0.1, 0.15) is 11.4 Å². The molecule has 0 spiro atoms.